The van der Waals surface area contributed by atoms with Gasteiger partial charge in [0.15, 0.2) is 11.4 Å². The fraction of sp³-hybridized carbons (Fsp3) is 0.133. The van der Waals surface area contributed by atoms with E-state index in [1.807, 2.05) is 30.3 Å². The Balaban J connectivity index is 1.90. The predicted molar refractivity (Wildman–Crippen MR) is 73.3 cm³/mol. The quantitative estimate of drug-likeness (QED) is 0.474. The molecule has 0 fully saturated rings. The third-order valence-corrected chi connectivity index (χ3v) is 2.61. The van der Waals surface area contributed by atoms with Crippen LogP contribution < -0.4 is 15.0 Å². The Morgan fingerprint density at radius 3 is 2.50 bits per heavy atom. The van der Waals surface area contributed by atoms with E-state index in [9.17, 15) is 4.79 Å². The fourth-order valence-electron chi connectivity index (χ4n) is 1.65. The van der Waals surface area contributed by atoms with Crippen molar-refractivity contribution in [2.24, 2.45) is 5.11 Å². The van der Waals surface area contributed by atoms with Crippen LogP contribution in [0, 0.1) is 0 Å². The number of aldehydes is 1. The minimum atomic E-state index is 0.333. The summed E-state index contributed by atoms with van der Waals surface area (Å²) in [5.74, 6) is 1.25. The molecule has 0 unspecified atom stereocenters. The second-order valence-corrected chi connectivity index (χ2v) is 3.98. The summed E-state index contributed by atoms with van der Waals surface area (Å²) >= 11 is 0. The third-order valence-electron chi connectivity index (χ3n) is 2.61. The van der Waals surface area contributed by atoms with Crippen molar-refractivity contribution in [1.29, 1.82) is 0 Å². The first-order valence-corrected chi connectivity index (χ1v) is 6.14. The molecule has 20 heavy (non-hydrogen) atoms. The van der Waals surface area contributed by atoms with Crippen LogP contribution in [0.3, 0.4) is 0 Å². The van der Waals surface area contributed by atoms with Gasteiger partial charge in [-0.3, -0.25) is 4.79 Å². The monoisotopic (exact) mass is 271 g/mol. The molecule has 2 rings (SSSR count). The lowest BCUT2D eigenvalue weighted by Gasteiger charge is -2.09. The normalized spacial score (nSPS) is 9.80. The van der Waals surface area contributed by atoms with E-state index >= 15 is 0 Å². The molecular formula is C15H15N2O3+. The molecule has 102 valence electrons. The number of ether oxygens (including phenoxy) is 2. The van der Waals surface area contributed by atoms with Crippen molar-refractivity contribution < 1.29 is 19.8 Å². The Kier molecular flexibility index (Phi) is 4.83. The lowest BCUT2D eigenvalue weighted by Crippen LogP contribution is -2.22. The van der Waals surface area contributed by atoms with Crippen molar-refractivity contribution >= 4 is 12.0 Å². The summed E-state index contributed by atoms with van der Waals surface area (Å²) in [5.41, 5.74) is 6.27. The molecule has 0 atom stereocenters. The number of rotatable bonds is 7. The highest BCUT2D eigenvalue weighted by molar-refractivity contribution is 5.77. The highest BCUT2D eigenvalue weighted by Gasteiger charge is 2.06. The van der Waals surface area contributed by atoms with Gasteiger partial charge in [0.05, 0.1) is 0 Å². The Bertz CT molecular complexity index is 585. The van der Waals surface area contributed by atoms with E-state index in [4.69, 9.17) is 15.0 Å². The van der Waals surface area contributed by atoms with E-state index in [0.29, 0.717) is 30.2 Å². The first-order valence-electron chi connectivity index (χ1n) is 6.14. The first-order chi connectivity index (χ1) is 9.83. The number of nitrogens with two attached hydrogens (primary N) is 1. The Morgan fingerprint density at radius 2 is 1.80 bits per heavy atom. The zero-order valence-electron chi connectivity index (χ0n) is 10.9. The minimum absolute atomic E-state index is 0.333. The molecule has 2 aromatic carbocycles. The van der Waals surface area contributed by atoms with Crippen LogP contribution >= 0.6 is 0 Å². The molecule has 0 bridgehead atoms. The summed E-state index contributed by atoms with van der Waals surface area (Å²) < 4.78 is 11.0. The van der Waals surface area contributed by atoms with Crippen molar-refractivity contribution in [3.05, 3.63) is 54.1 Å². The van der Waals surface area contributed by atoms with Crippen LogP contribution in [-0.4, -0.2) is 19.5 Å². The van der Waals surface area contributed by atoms with E-state index in [1.54, 1.807) is 18.2 Å². The van der Waals surface area contributed by atoms with E-state index in [-0.39, 0.29) is 0 Å². The molecule has 0 aromatic heterocycles. The summed E-state index contributed by atoms with van der Waals surface area (Å²) in [6, 6.07) is 14.3. The smallest absolute Gasteiger partial charge is 0.171 e. The van der Waals surface area contributed by atoms with Crippen molar-refractivity contribution in [1.82, 2.24) is 0 Å². The summed E-state index contributed by atoms with van der Waals surface area (Å²) in [7, 11) is 0. The zero-order chi connectivity index (χ0) is 14.2. The molecule has 0 saturated carbocycles. The van der Waals surface area contributed by atoms with Gasteiger partial charge in [-0.25, -0.2) is 0 Å². The average molecular weight is 271 g/mol. The number of para-hydroxylation sites is 1. The lowest BCUT2D eigenvalue weighted by atomic mass is 10.2. The van der Waals surface area contributed by atoms with Crippen molar-refractivity contribution in [3.8, 4) is 11.5 Å². The summed E-state index contributed by atoms with van der Waals surface area (Å²) in [4.78, 5) is 10.7. The maximum Gasteiger partial charge on any atom is 0.171 e. The zero-order valence-corrected chi connectivity index (χ0v) is 10.9. The third kappa shape index (κ3) is 3.65. The minimum Gasteiger partial charge on any atom is -0.490 e. The van der Waals surface area contributed by atoms with Crippen molar-refractivity contribution in [3.63, 3.8) is 0 Å². The van der Waals surface area contributed by atoms with Crippen LogP contribution in [0.4, 0.5) is 5.69 Å². The number of carbonyl (C=O) groups excluding carboxylic acids is 1. The molecule has 2 aromatic rings. The Morgan fingerprint density at radius 1 is 1.05 bits per heavy atom. The molecule has 0 aliphatic heterocycles. The van der Waals surface area contributed by atoms with Crippen molar-refractivity contribution in [2.45, 2.75) is 0 Å². The van der Waals surface area contributed by atoms with Gasteiger partial charge in [0.2, 0.25) is 0 Å². The van der Waals surface area contributed by atoms with Gasteiger partial charge in [-0.15, -0.1) is 0 Å². The van der Waals surface area contributed by atoms with Gasteiger partial charge in [-0.1, -0.05) is 18.2 Å². The topological polar surface area (TPSA) is 73.5 Å². The second-order valence-electron chi connectivity index (χ2n) is 3.98. The molecule has 0 aliphatic rings. The Labute approximate surface area is 116 Å². The summed E-state index contributed by atoms with van der Waals surface area (Å²) in [5, 5.41) is 3.60. The van der Waals surface area contributed by atoms with Crippen molar-refractivity contribution in [2.75, 3.05) is 13.2 Å². The van der Waals surface area contributed by atoms with Gasteiger partial charge in [-0.05, 0) is 35.4 Å². The SMILES string of the molecule is [NH2+]=Nc1ccc(C=O)cc1OCCOc1ccccc1. The highest BCUT2D eigenvalue weighted by Crippen LogP contribution is 2.27. The average Bonchev–Trinajstić information content (AvgIpc) is 2.52. The number of hydrogen-bond acceptors (Lipinski definition) is 4. The standard InChI is InChI=1S/C15H14N2O3/c16-17-14-7-6-12(11-18)10-15(14)20-9-8-19-13-4-2-1-3-5-13/h1-7,10-11,16H,8-9H2/p+1. The van der Waals surface area contributed by atoms with E-state index in [0.717, 1.165) is 12.0 Å². The maximum absolute atomic E-state index is 10.7. The molecule has 0 heterocycles. The molecule has 0 amide bonds. The molecule has 0 aliphatic carbocycles. The number of benzene rings is 2. The Hall–Kier alpha value is -2.69. The van der Waals surface area contributed by atoms with Gasteiger partial charge < -0.3 is 9.47 Å². The van der Waals surface area contributed by atoms with Gasteiger partial charge >= 0.3 is 0 Å². The molecule has 5 heteroatoms. The predicted octanol–water partition coefficient (Wildman–Crippen LogP) is 1.80. The molecule has 5 nitrogen and oxygen atoms in total. The summed E-state index contributed by atoms with van der Waals surface area (Å²) in [6.45, 7) is 0.721. The van der Waals surface area contributed by atoms with Crippen LogP contribution in [-0.2, 0) is 0 Å². The van der Waals surface area contributed by atoms with Gasteiger partial charge in [0, 0.05) is 5.56 Å². The van der Waals surface area contributed by atoms with Crippen LogP contribution in [0.25, 0.3) is 0 Å². The number of nitrogens with zero attached hydrogens (tertiary/aromatic N) is 1. The first kappa shape index (κ1) is 13.7. The molecule has 0 radical (unpaired) electrons. The second kappa shape index (κ2) is 7.04. The fourth-order valence-corrected chi connectivity index (χ4v) is 1.65. The molecule has 2 N–H and O–H groups in total. The van der Waals surface area contributed by atoms with Gasteiger partial charge in [-0.2, -0.15) is 5.53 Å². The highest BCUT2D eigenvalue weighted by atomic mass is 16.5. The molecule has 0 spiro atoms. The molecule has 0 saturated heterocycles. The lowest BCUT2D eigenvalue weighted by molar-refractivity contribution is -0.210. The van der Waals surface area contributed by atoms with E-state index in [1.165, 1.54) is 0 Å². The number of hydrogen-bond donors (Lipinski definition) is 1. The number of carbonyl (C=O) groups is 1. The van der Waals surface area contributed by atoms with Crippen LogP contribution in [0.2, 0.25) is 0 Å². The summed E-state index contributed by atoms with van der Waals surface area (Å²) in [6.07, 6.45) is 0.744. The largest absolute Gasteiger partial charge is 0.490 e. The van der Waals surface area contributed by atoms with Crippen LogP contribution in [0.15, 0.2) is 53.6 Å². The van der Waals surface area contributed by atoms with E-state index < -0.39 is 0 Å². The molecular weight excluding hydrogens is 256 g/mol. The van der Waals surface area contributed by atoms with Crippen LogP contribution in [0.1, 0.15) is 10.4 Å². The van der Waals surface area contributed by atoms with Gasteiger partial charge in [0.1, 0.15) is 25.2 Å². The van der Waals surface area contributed by atoms with Gasteiger partial charge in [0.25, 0.3) is 0 Å². The van der Waals surface area contributed by atoms with Crippen LogP contribution in [0.5, 0.6) is 11.5 Å². The van der Waals surface area contributed by atoms with E-state index in [2.05, 4.69) is 5.11 Å². The maximum atomic E-state index is 10.7.